The first-order valence-electron chi connectivity index (χ1n) is 9.89. The van der Waals surface area contributed by atoms with Crippen molar-refractivity contribution in [3.8, 4) is 5.75 Å². The van der Waals surface area contributed by atoms with Crippen LogP contribution in [0.3, 0.4) is 0 Å². The van der Waals surface area contributed by atoms with Gasteiger partial charge in [0.1, 0.15) is 24.1 Å². The van der Waals surface area contributed by atoms with Crippen molar-refractivity contribution in [3.05, 3.63) is 27.7 Å². The minimum Gasteiger partial charge on any atom is -0.481 e. The van der Waals surface area contributed by atoms with Crippen LogP contribution in [0.2, 0.25) is 5.02 Å². The lowest BCUT2D eigenvalue weighted by Gasteiger charge is -2.46. The molecule has 0 aliphatic carbocycles. The van der Waals surface area contributed by atoms with Gasteiger partial charge in [-0.2, -0.15) is 0 Å². The molecule has 0 aromatic heterocycles. The lowest BCUT2D eigenvalue weighted by molar-refractivity contribution is -0.283. The van der Waals surface area contributed by atoms with Gasteiger partial charge in [-0.15, -0.1) is 0 Å². The molecular formula is C21H24BrClO10. The Morgan fingerprint density at radius 1 is 1.09 bits per heavy atom. The smallest absolute Gasteiger partial charge is 0.303 e. The van der Waals surface area contributed by atoms with Crippen LogP contribution < -0.4 is 4.74 Å². The van der Waals surface area contributed by atoms with Gasteiger partial charge in [0.2, 0.25) is 6.29 Å². The Labute approximate surface area is 203 Å². The third-order valence-corrected chi connectivity index (χ3v) is 5.48. The summed E-state index contributed by atoms with van der Waals surface area (Å²) in [7, 11) is 0. The molecule has 0 spiro atoms. The Morgan fingerprint density at radius 2 is 1.70 bits per heavy atom. The van der Waals surface area contributed by atoms with Crippen LogP contribution in [0.25, 0.3) is 0 Å². The first-order valence-corrected chi connectivity index (χ1v) is 11.1. The normalized spacial score (nSPS) is 25.5. The monoisotopic (exact) mass is 550 g/mol. The number of rotatable bonds is 8. The Morgan fingerprint density at radius 3 is 2.21 bits per heavy atom. The van der Waals surface area contributed by atoms with Gasteiger partial charge in [-0.1, -0.05) is 27.5 Å². The Kier molecular flexibility index (Phi) is 9.50. The lowest BCUT2D eigenvalue weighted by atomic mass is 9.84. The Bertz CT molecular complexity index is 907. The van der Waals surface area contributed by atoms with Crippen LogP contribution in [0.1, 0.15) is 34.1 Å². The zero-order chi connectivity index (χ0) is 24.9. The fourth-order valence-electron chi connectivity index (χ4n) is 3.55. The van der Waals surface area contributed by atoms with Crippen molar-refractivity contribution in [3.63, 3.8) is 0 Å². The minimum atomic E-state index is -1.35. The van der Waals surface area contributed by atoms with E-state index >= 15 is 0 Å². The van der Waals surface area contributed by atoms with Crippen molar-refractivity contribution in [2.75, 3.05) is 0 Å². The highest BCUT2D eigenvalue weighted by Gasteiger charge is 2.53. The number of halogens is 2. The molecule has 1 aromatic carbocycles. The molecule has 182 valence electrons. The number of esters is 3. The number of carboxylic acid groups (broad SMARTS) is 1. The molecule has 12 heteroatoms. The maximum absolute atomic E-state index is 11.9. The maximum Gasteiger partial charge on any atom is 0.303 e. The fraction of sp³-hybridized carbons (Fsp3) is 0.524. The third kappa shape index (κ3) is 7.58. The summed E-state index contributed by atoms with van der Waals surface area (Å²) >= 11 is 9.52. The average Bonchev–Trinajstić information content (AvgIpc) is 2.66. The van der Waals surface area contributed by atoms with Gasteiger partial charge in [-0.25, -0.2) is 0 Å². The molecule has 1 aliphatic heterocycles. The molecule has 1 N–H and O–H groups in total. The summed E-state index contributed by atoms with van der Waals surface area (Å²) in [5, 5.41) is 9.72. The SMILES string of the molecule is CC(=O)O[C@@H]1[C@@H](Oc2ccc(Br)cc2Cl)O[C@H]([C@H](C)OC(C)=O)[C@H](OC(C)=O)[C@@H]1CC(=O)O. The number of carbonyl (C=O) groups is 4. The quantitative estimate of drug-likeness (QED) is 0.379. The maximum atomic E-state index is 11.9. The van der Waals surface area contributed by atoms with Crippen LogP contribution in [-0.4, -0.2) is 59.7 Å². The standard InChI is InChI=1S/C21H24BrClO10/c1-9(29-10(2)24)18-19(30-11(3)25)14(8-17(27)28)20(31-12(4)26)21(33-18)32-16-6-5-13(22)7-15(16)23/h5-7,9,14,18-21H,8H2,1-4H3,(H,27,28)/t9-,14-,18+,19+,20-,21-/m0/s1. The van der Waals surface area contributed by atoms with Crippen LogP contribution in [0.15, 0.2) is 22.7 Å². The van der Waals surface area contributed by atoms with Crippen molar-refractivity contribution in [1.29, 1.82) is 0 Å². The molecule has 1 heterocycles. The summed E-state index contributed by atoms with van der Waals surface area (Å²) in [5.74, 6) is -4.25. The second-order valence-corrected chi connectivity index (χ2v) is 8.71. The van der Waals surface area contributed by atoms with Gasteiger partial charge >= 0.3 is 23.9 Å². The third-order valence-electron chi connectivity index (χ3n) is 4.69. The van der Waals surface area contributed by atoms with Gasteiger partial charge < -0.3 is 28.8 Å². The number of ether oxygens (including phenoxy) is 5. The van der Waals surface area contributed by atoms with Crippen molar-refractivity contribution < 1.29 is 48.0 Å². The lowest BCUT2D eigenvalue weighted by Crippen LogP contribution is -2.61. The van der Waals surface area contributed by atoms with Crippen molar-refractivity contribution in [2.24, 2.45) is 5.92 Å². The summed E-state index contributed by atoms with van der Waals surface area (Å²) in [6.07, 6.45) is -6.52. The first-order chi connectivity index (χ1) is 15.4. The van der Waals surface area contributed by atoms with Crippen molar-refractivity contribution in [1.82, 2.24) is 0 Å². The van der Waals surface area contributed by atoms with E-state index in [0.29, 0.717) is 4.47 Å². The van der Waals surface area contributed by atoms with Gasteiger partial charge in [-0.3, -0.25) is 19.2 Å². The van der Waals surface area contributed by atoms with Gasteiger partial charge in [0.25, 0.3) is 0 Å². The van der Waals surface area contributed by atoms with E-state index in [1.54, 1.807) is 12.1 Å². The van der Waals surface area contributed by atoms with Crippen LogP contribution in [0, 0.1) is 5.92 Å². The van der Waals surface area contributed by atoms with Gasteiger partial charge in [-0.05, 0) is 25.1 Å². The number of hydrogen-bond donors (Lipinski definition) is 1. The second-order valence-electron chi connectivity index (χ2n) is 7.39. The predicted octanol–water partition coefficient (Wildman–Crippen LogP) is 3.11. The van der Waals surface area contributed by atoms with Crippen LogP contribution >= 0.6 is 27.5 Å². The Hall–Kier alpha value is -2.37. The number of aliphatic carboxylic acids is 1. The van der Waals surface area contributed by atoms with E-state index in [1.165, 1.54) is 19.9 Å². The molecule has 0 unspecified atom stereocenters. The molecule has 0 amide bonds. The highest BCUT2D eigenvalue weighted by Crippen LogP contribution is 2.38. The van der Waals surface area contributed by atoms with E-state index in [-0.39, 0.29) is 10.8 Å². The van der Waals surface area contributed by atoms with Gasteiger partial charge in [0.15, 0.2) is 6.10 Å². The molecule has 0 bridgehead atoms. The zero-order valence-electron chi connectivity index (χ0n) is 18.3. The Balaban J connectivity index is 2.54. The summed E-state index contributed by atoms with van der Waals surface area (Å²) in [6, 6.07) is 4.76. The summed E-state index contributed by atoms with van der Waals surface area (Å²) in [5.41, 5.74) is 0. The molecule has 2 rings (SSSR count). The van der Waals surface area contributed by atoms with E-state index < -0.39 is 66.9 Å². The highest BCUT2D eigenvalue weighted by molar-refractivity contribution is 9.10. The molecule has 6 atom stereocenters. The molecule has 0 saturated carbocycles. The average molecular weight is 552 g/mol. The van der Waals surface area contributed by atoms with Crippen molar-refractivity contribution in [2.45, 2.75) is 64.8 Å². The van der Waals surface area contributed by atoms with E-state index in [1.807, 2.05) is 0 Å². The zero-order valence-corrected chi connectivity index (χ0v) is 20.6. The summed E-state index contributed by atoms with van der Waals surface area (Å²) < 4.78 is 28.5. The molecule has 33 heavy (non-hydrogen) atoms. The largest absolute Gasteiger partial charge is 0.481 e. The number of carboxylic acids is 1. The van der Waals surface area contributed by atoms with Crippen LogP contribution in [0.5, 0.6) is 5.75 Å². The van der Waals surface area contributed by atoms with Crippen LogP contribution in [0.4, 0.5) is 0 Å². The molecule has 1 aliphatic rings. The fourth-order valence-corrected chi connectivity index (χ4v) is 4.27. The van der Waals surface area contributed by atoms with E-state index in [0.717, 1.165) is 13.8 Å². The molecule has 1 saturated heterocycles. The molecule has 1 fully saturated rings. The summed E-state index contributed by atoms with van der Waals surface area (Å²) in [4.78, 5) is 46.9. The highest BCUT2D eigenvalue weighted by atomic mass is 79.9. The van der Waals surface area contributed by atoms with Crippen LogP contribution in [-0.2, 0) is 38.1 Å². The van der Waals surface area contributed by atoms with E-state index in [9.17, 15) is 24.3 Å². The van der Waals surface area contributed by atoms with E-state index in [2.05, 4.69) is 15.9 Å². The topological polar surface area (TPSA) is 135 Å². The van der Waals surface area contributed by atoms with Gasteiger partial charge in [0, 0.05) is 25.2 Å². The number of hydrogen-bond acceptors (Lipinski definition) is 9. The molecule has 10 nitrogen and oxygen atoms in total. The minimum absolute atomic E-state index is 0.168. The second kappa shape index (κ2) is 11.7. The molecular weight excluding hydrogens is 528 g/mol. The van der Waals surface area contributed by atoms with Gasteiger partial charge in [0.05, 0.1) is 17.4 Å². The van der Waals surface area contributed by atoms with E-state index in [4.69, 9.17) is 35.3 Å². The number of benzene rings is 1. The number of carbonyl (C=O) groups excluding carboxylic acids is 3. The summed E-state index contributed by atoms with van der Waals surface area (Å²) in [6.45, 7) is 4.95. The first kappa shape index (κ1) is 26.9. The predicted molar refractivity (Wildman–Crippen MR) is 117 cm³/mol. The van der Waals surface area contributed by atoms with Crippen molar-refractivity contribution >= 4 is 51.4 Å². The molecule has 1 aromatic rings. The molecule has 0 radical (unpaired) electrons.